The Balaban J connectivity index is 1.44. The maximum absolute atomic E-state index is 12.5. The van der Waals surface area contributed by atoms with Crippen molar-refractivity contribution in [1.82, 2.24) is 9.97 Å². The normalized spacial score (nSPS) is 10.5. The Kier molecular flexibility index (Phi) is 4.74. The number of rotatable bonds is 5. The number of carbonyl (C=O) groups is 1. The molecule has 0 aliphatic rings. The smallest absolute Gasteiger partial charge is 0.257 e. The molecule has 0 saturated carbocycles. The summed E-state index contributed by atoms with van der Waals surface area (Å²) in [6.07, 6.45) is 3.29. The molecule has 4 aromatic rings. The first-order valence-corrected chi connectivity index (χ1v) is 8.68. The topological polar surface area (TPSA) is 66.9 Å². The molecule has 2 heterocycles. The van der Waals surface area contributed by atoms with E-state index in [9.17, 15) is 4.79 Å². The lowest BCUT2D eigenvalue weighted by Gasteiger charge is -2.09. The zero-order chi connectivity index (χ0) is 18.5. The van der Waals surface area contributed by atoms with Crippen molar-refractivity contribution in [1.29, 1.82) is 0 Å². The van der Waals surface area contributed by atoms with Gasteiger partial charge in [-0.2, -0.15) is 0 Å². The van der Waals surface area contributed by atoms with Crippen LogP contribution in [-0.4, -0.2) is 15.9 Å². The average Bonchev–Trinajstić information content (AvgIpc) is 2.74. The Morgan fingerprint density at radius 2 is 1.70 bits per heavy atom. The molecule has 0 unspecified atom stereocenters. The summed E-state index contributed by atoms with van der Waals surface area (Å²) >= 11 is 0. The lowest BCUT2D eigenvalue weighted by Crippen LogP contribution is -2.13. The van der Waals surface area contributed by atoms with Crippen molar-refractivity contribution < 1.29 is 4.79 Å². The minimum atomic E-state index is -0.213. The summed E-state index contributed by atoms with van der Waals surface area (Å²) in [5.74, 6) is 0.512. The van der Waals surface area contributed by atoms with Crippen molar-refractivity contribution in [3.05, 3.63) is 96.3 Å². The second-order valence-electron chi connectivity index (χ2n) is 6.11. The van der Waals surface area contributed by atoms with Gasteiger partial charge in [0, 0.05) is 24.3 Å². The van der Waals surface area contributed by atoms with Crippen molar-refractivity contribution >= 4 is 28.3 Å². The minimum Gasteiger partial charge on any atom is -0.366 e. The number of para-hydroxylation sites is 1. The highest BCUT2D eigenvalue weighted by atomic mass is 16.1. The summed E-state index contributed by atoms with van der Waals surface area (Å²) in [6.45, 7) is 0.682. The van der Waals surface area contributed by atoms with Crippen molar-refractivity contribution in [3.63, 3.8) is 0 Å². The van der Waals surface area contributed by atoms with Gasteiger partial charge < -0.3 is 10.6 Å². The molecule has 2 aromatic heterocycles. The van der Waals surface area contributed by atoms with Crippen LogP contribution in [0.25, 0.3) is 10.9 Å². The Labute approximate surface area is 157 Å². The van der Waals surface area contributed by atoms with Crippen molar-refractivity contribution in [3.8, 4) is 0 Å². The van der Waals surface area contributed by atoms with Crippen LogP contribution in [0.4, 0.5) is 11.5 Å². The highest BCUT2D eigenvalue weighted by Crippen LogP contribution is 2.21. The maximum Gasteiger partial charge on any atom is 0.257 e. The summed E-state index contributed by atoms with van der Waals surface area (Å²) in [4.78, 5) is 21.2. The van der Waals surface area contributed by atoms with E-state index >= 15 is 0 Å². The Hall–Kier alpha value is -3.73. The molecule has 4 rings (SSSR count). The first-order chi connectivity index (χ1) is 13.3. The Bertz CT molecular complexity index is 1060. The van der Waals surface area contributed by atoms with E-state index in [1.807, 2.05) is 60.7 Å². The van der Waals surface area contributed by atoms with E-state index in [-0.39, 0.29) is 5.91 Å². The number of hydrogen-bond donors (Lipinski definition) is 2. The number of benzene rings is 2. The average molecular weight is 354 g/mol. The van der Waals surface area contributed by atoms with Gasteiger partial charge in [-0.3, -0.25) is 9.78 Å². The number of fused-ring (bicyclic) bond motifs is 1. The molecule has 0 aliphatic heterocycles. The molecule has 1 amide bonds. The minimum absolute atomic E-state index is 0.213. The van der Waals surface area contributed by atoms with Gasteiger partial charge in [0.05, 0.1) is 16.8 Å². The molecule has 0 aliphatic carbocycles. The van der Waals surface area contributed by atoms with Crippen LogP contribution in [0.1, 0.15) is 15.9 Å². The molecule has 2 aromatic carbocycles. The van der Waals surface area contributed by atoms with Crippen LogP contribution >= 0.6 is 0 Å². The standard InChI is InChI=1S/C22H18N4O/c27-22(26-19-10-4-8-17-9-5-13-23-21(17)19)18-11-12-20(25-15-18)24-14-16-6-2-1-3-7-16/h1-13,15H,14H2,(H,24,25)(H,26,27). The monoisotopic (exact) mass is 354 g/mol. The highest BCUT2D eigenvalue weighted by Gasteiger charge is 2.09. The van der Waals surface area contributed by atoms with Gasteiger partial charge in [-0.1, -0.05) is 48.5 Å². The van der Waals surface area contributed by atoms with Crippen molar-refractivity contribution in [2.45, 2.75) is 6.54 Å². The van der Waals surface area contributed by atoms with E-state index in [0.29, 0.717) is 17.8 Å². The van der Waals surface area contributed by atoms with Gasteiger partial charge in [0.2, 0.25) is 0 Å². The third-order valence-corrected chi connectivity index (χ3v) is 4.22. The van der Waals surface area contributed by atoms with Crippen LogP contribution in [0.2, 0.25) is 0 Å². The van der Waals surface area contributed by atoms with Crippen LogP contribution in [0, 0.1) is 0 Å². The summed E-state index contributed by atoms with van der Waals surface area (Å²) < 4.78 is 0. The van der Waals surface area contributed by atoms with Gasteiger partial charge in [0.15, 0.2) is 0 Å². The molecule has 0 radical (unpaired) electrons. The summed E-state index contributed by atoms with van der Waals surface area (Å²) in [5.41, 5.74) is 3.12. The molecule has 2 N–H and O–H groups in total. The predicted octanol–water partition coefficient (Wildman–Crippen LogP) is 4.49. The summed E-state index contributed by atoms with van der Waals surface area (Å²) in [7, 11) is 0. The molecule has 0 bridgehead atoms. The van der Waals surface area contributed by atoms with Gasteiger partial charge in [-0.25, -0.2) is 4.98 Å². The van der Waals surface area contributed by atoms with Gasteiger partial charge in [-0.15, -0.1) is 0 Å². The van der Waals surface area contributed by atoms with Crippen LogP contribution in [0.5, 0.6) is 0 Å². The van der Waals surface area contributed by atoms with E-state index in [4.69, 9.17) is 0 Å². The zero-order valence-corrected chi connectivity index (χ0v) is 14.6. The molecular formula is C22H18N4O. The fourth-order valence-corrected chi connectivity index (χ4v) is 2.82. The number of nitrogens with one attached hydrogen (secondary N) is 2. The summed E-state index contributed by atoms with van der Waals surface area (Å²) in [5, 5.41) is 7.15. The van der Waals surface area contributed by atoms with E-state index < -0.39 is 0 Å². The second kappa shape index (κ2) is 7.66. The van der Waals surface area contributed by atoms with E-state index in [2.05, 4.69) is 20.6 Å². The van der Waals surface area contributed by atoms with E-state index in [1.54, 1.807) is 24.5 Å². The Morgan fingerprint density at radius 3 is 2.52 bits per heavy atom. The third kappa shape index (κ3) is 3.93. The first-order valence-electron chi connectivity index (χ1n) is 8.68. The first kappa shape index (κ1) is 16.7. The highest BCUT2D eigenvalue weighted by molar-refractivity contribution is 6.08. The van der Waals surface area contributed by atoms with Gasteiger partial charge in [0.1, 0.15) is 5.82 Å². The molecule has 0 atom stereocenters. The third-order valence-electron chi connectivity index (χ3n) is 4.22. The van der Waals surface area contributed by atoms with Crippen molar-refractivity contribution in [2.24, 2.45) is 0 Å². The molecule has 5 heteroatoms. The number of nitrogens with zero attached hydrogens (tertiary/aromatic N) is 2. The number of carbonyl (C=O) groups excluding carboxylic acids is 1. The molecule has 132 valence electrons. The lowest BCUT2D eigenvalue weighted by atomic mass is 10.2. The van der Waals surface area contributed by atoms with Crippen LogP contribution < -0.4 is 10.6 Å². The maximum atomic E-state index is 12.5. The number of amides is 1. The second-order valence-corrected chi connectivity index (χ2v) is 6.11. The molecular weight excluding hydrogens is 336 g/mol. The molecule has 0 spiro atoms. The molecule has 0 fully saturated rings. The van der Waals surface area contributed by atoms with Gasteiger partial charge in [-0.05, 0) is 29.8 Å². The number of hydrogen-bond acceptors (Lipinski definition) is 4. The van der Waals surface area contributed by atoms with Crippen molar-refractivity contribution in [2.75, 3.05) is 10.6 Å². The Morgan fingerprint density at radius 1 is 0.852 bits per heavy atom. The predicted molar refractivity (Wildman–Crippen MR) is 108 cm³/mol. The quantitative estimate of drug-likeness (QED) is 0.554. The number of anilines is 2. The van der Waals surface area contributed by atoms with Crippen LogP contribution in [0.3, 0.4) is 0 Å². The van der Waals surface area contributed by atoms with Gasteiger partial charge in [0.25, 0.3) is 5.91 Å². The van der Waals surface area contributed by atoms with Crippen LogP contribution in [-0.2, 0) is 6.54 Å². The number of pyridine rings is 2. The lowest BCUT2D eigenvalue weighted by molar-refractivity contribution is 0.102. The van der Waals surface area contributed by atoms with E-state index in [1.165, 1.54) is 5.56 Å². The number of aromatic nitrogens is 2. The molecule has 5 nitrogen and oxygen atoms in total. The van der Waals surface area contributed by atoms with Crippen LogP contribution in [0.15, 0.2) is 85.2 Å². The van der Waals surface area contributed by atoms with Gasteiger partial charge >= 0.3 is 0 Å². The molecule has 0 saturated heterocycles. The largest absolute Gasteiger partial charge is 0.366 e. The van der Waals surface area contributed by atoms with E-state index in [0.717, 1.165) is 16.7 Å². The fraction of sp³-hybridized carbons (Fsp3) is 0.0455. The molecule has 27 heavy (non-hydrogen) atoms. The summed E-state index contributed by atoms with van der Waals surface area (Å²) in [6, 6.07) is 23.2. The fourth-order valence-electron chi connectivity index (χ4n) is 2.82. The SMILES string of the molecule is O=C(Nc1cccc2cccnc12)c1ccc(NCc2ccccc2)nc1. The zero-order valence-electron chi connectivity index (χ0n) is 14.6.